The van der Waals surface area contributed by atoms with Crippen LogP contribution in [0.25, 0.3) is 0 Å². The van der Waals surface area contributed by atoms with Crippen molar-refractivity contribution in [3.63, 3.8) is 0 Å². The van der Waals surface area contributed by atoms with Crippen LogP contribution >= 0.6 is 0 Å². The van der Waals surface area contributed by atoms with Gasteiger partial charge in [-0.3, -0.25) is 4.79 Å². The van der Waals surface area contributed by atoms with E-state index in [9.17, 15) is 4.79 Å². The monoisotopic (exact) mass is 254 g/mol. The highest BCUT2D eigenvalue weighted by Gasteiger charge is 2.37. The van der Waals surface area contributed by atoms with Gasteiger partial charge in [0.1, 0.15) is 5.76 Å². The van der Waals surface area contributed by atoms with Crippen LogP contribution in [0.1, 0.15) is 40.5 Å². The zero-order valence-corrected chi connectivity index (χ0v) is 12.7. The third kappa shape index (κ3) is 4.90. The fraction of sp³-hybridized carbons (Fsp3) is 0.643. The molecule has 17 heavy (non-hydrogen) atoms. The van der Waals surface area contributed by atoms with Gasteiger partial charge in [0.25, 0.3) is 8.32 Å². The van der Waals surface area contributed by atoms with E-state index in [-0.39, 0.29) is 0 Å². The van der Waals surface area contributed by atoms with Gasteiger partial charge in [0, 0.05) is 0 Å². The average Bonchev–Trinajstić information content (AvgIpc) is 2.33. The highest BCUT2D eigenvalue weighted by molar-refractivity contribution is 6.75. The number of hydrogen-bond donors (Lipinski definition) is 0. The van der Waals surface area contributed by atoms with Crippen molar-refractivity contribution in [2.75, 3.05) is 0 Å². The summed E-state index contributed by atoms with van der Waals surface area (Å²) < 4.78 is 6.09. The lowest BCUT2D eigenvalue weighted by molar-refractivity contribution is -0.106. The molecule has 0 N–H and O–H groups in total. The summed E-state index contributed by atoms with van der Waals surface area (Å²) in [5.41, 5.74) is 0.528. The molecule has 0 bridgehead atoms. The van der Waals surface area contributed by atoms with Crippen LogP contribution in [0.5, 0.6) is 0 Å². The van der Waals surface area contributed by atoms with Crippen molar-refractivity contribution in [3.05, 3.63) is 24.5 Å². The van der Waals surface area contributed by atoms with Gasteiger partial charge in [0.05, 0.1) is 0 Å². The van der Waals surface area contributed by atoms with Gasteiger partial charge in [-0.15, -0.1) is 6.58 Å². The summed E-state index contributed by atoms with van der Waals surface area (Å²) in [6, 6.07) is 2.10. The van der Waals surface area contributed by atoms with Crippen LogP contribution in [-0.2, 0) is 9.22 Å². The molecule has 0 rings (SSSR count). The van der Waals surface area contributed by atoms with E-state index >= 15 is 0 Å². The SMILES string of the molecule is C=CCC/C=C(/C=O)O[Si](CC)(CC)C(C)C. The second kappa shape index (κ2) is 8.29. The quantitative estimate of drug-likeness (QED) is 0.152. The normalized spacial score (nSPS) is 12.6. The lowest BCUT2D eigenvalue weighted by Gasteiger charge is -2.33. The fourth-order valence-electron chi connectivity index (χ4n) is 2.02. The van der Waals surface area contributed by atoms with Crippen LogP contribution in [0, 0.1) is 0 Å². The first kappa shape index (κ1) is 16.2. The molecule has 0 unspecified atom stereocenters. The molecule has 0 aliphatic heterocycles. The van der Waals surface area contributed by atoms with Crippen molar-refractivity contribution in [1.82, 2.24) is 0 Å². The van der Waals surface area contributed by atoms with E-state index in [0.29, 0.717) is 11.3 Å². The Morgan fingerprint density at radius 2 is 1.88 bits per heavy atom. The molecule has 0 saturated carbocycles. The second-order valence-electron chi connectivity index (χ2n) is 4.62. The second-order valence-corrected chi connectivity index (χ2v) is 9.52. The van der Waals surface area contributed by atoms with E-state index in [1.54, 1.807) is 0 Å². The zero-order valence-electron chi connectivity index (χ0n) is 11.7. The van der Waals surface area contributed by atoms with Gasteiger partial charge in [-0.25, -0.2) is 0 Å². The maximum atomic E-state index is 11.0. The molecule has 0 aromatic heterocycles. The molecule has 2 nitrogen and oxygen atoms in total. The van der Waals surface area contributed by atoms with Gasteiger partial charge >= 0.3 is 0 Å². The number of rotatable bonds is 9. The van der Waals surface area contributed by atoms with Gasteiger partial charge in [-0.05, 0) is 36.5 Å². The molecular weight excluding hydrogens is 228 g/mol. The number of allylic oxidation sites excluding steroid dienone is 3. The van der Waals surface area contributed by atoms with Crippen molar-refractivity contribution >= 4 is 14.6 Å². The van der Waals surface area contributed by atoms with E-state index < -0.39 is 8.32 Å². The smallest absolute Gasteiger partial charge is 0.253 e. The number of carbonyl (C=O) groups excluding carboxylic acids is 1. The zero-order chi connectivity index (χ0) is 13.3. The molecular formula is C14H26O2Si. The van der Waals surface area contributed by atoms with Crippen LogP contribution in [0.3, 0.4) is 0 Å². The van der Waals surface area contributed by atoms with Crippen LogP contribution in [-0.4, -0.2) is 14.6 Å². The number of carbonyl (C=O) groups is 1. The summed E-state index contributed by atoms with van der Waals surface area (Å²) in [4.78, 5) is 11.0. The average molecular weight is 254 g/mol. The van der Waals surface area contributed by atoms with Crippen LogP contribution in [0.4, 0.5) is 0 Å². The molecule has 0 spiro atoms. The number of hydrogen-bond acceptors (Lipinski definition) is 2. The number of aldehydes is 1. The maximum absolute atomic E-state index is 11.0. The Morgan fingerprint density at radius 1 is 1.29 bits per heavy atom. The minimum Gasteiger partial charge on any atom is -0.541 e. The summed E-state index contributed by atoms with van der Waals surface area (Å²) in [6.45, 7) is 12.4. The molecule has 0 radical (unpaired) electrons. The highest BCUT2D eigenvalue weighted by Crippen LogP contribution is 2.31. The third-order valence-corrected chi connectivity index (χ3v) is 8.54. The van der Waals surface area contributed by atoms with Gasteiger partial charge < -0.3 is 4.43 Å². The summed E-state index contributed by atoms with van der Waals surface area (Å²) in [7, 11) is -1.79. The van der Waals surface area contributed by atoms with Gasteiger partial charge in [0.15, 0.2) is 6.29 Å². The molecule has 3 heteroatoms. The van der Waals surface area contributed by atoms with E-state index in [2.05, 4.69) is 34.3 Å². The lowest BCUT2D eigenvalue weighted by atomic mass is 10.3. The first-order valence-corrected chi connectivity index (χ1v) is 8.91. The summed E-state index contributed by atoms with van der Waals surface area (Å²) >= 11 is 0. The molecule has 0 aromatic rings. The molecule has 98 valence electrons. The van der Waals surface area contributed by atoms with Crippen LogP contribution in [0.15, 0.2) is 24.5 Å². The van der Waals surface area contributed by atoms with Crippen LogP contribution in [0.2, 0.25) is 17.6 Å². The largest absolute Gasteiger partial charge is 0.541 e. The Morgan fingerprint density at radius 3 is 2.24 bits per heavy atom. The van der Waals surface area contributed by atoms with Crippen molar-refractivity contribution in [3.8, 4) is 0 Å². The van der Waals surface area contributed by atoms with Crippen molar-refractivity contribution in [2.45, 2.75) is 58.2 Å². The molecule has 0 heterocycles. The summed E-state index contributed by atoms with van der Waals surface area (Å²) in [5.74, 6) is 0.524. The Hall–Kier alpha value is -0.833. The van der Waals surface area contributed by atoms with E-state index in [1.165, 1.54) is 0 Å². The third-order valence-electron chi connectivity index (χ3n) is 3.40. The van der Waals surface area contributed by atoms with Crippen molar-refractivity contribution in [2.24, 2.45) is 0 Å². The first-order chi connectivity index (χ1) is 8.06. The molecule has 0 aliphatic rings. The van der Waals surface area contributed by atoms with Crippen LogP contribution < -0.4 is 0 Å². The van der Waals surface area contributed by atoms with E-state index in [0.717, 1.165) is 31.2 Å². The topological polar surface area (TPSA) is 26.3 Å². The maximum Gasteiger partial charge on any atom is 0.253 e. The molecule has 0 amide bonds. The Kier molecular flexibility index (Phi) is 7.88. The predicted octanol–water partition coefficient (Wildman–Crippen LogP) is 4.45. The summed E-state index contributed by atoms with van der Waals surface area (Å²) in [6.07, 6.45) is 6.30. The van der Waals surface area contributed by atoms with Gasteiger partial charge in [0.2, 0.25) is 0 Å². The van der Waals surface area contributed by atoms with E-state index in [4.69, 9.17) is 4.43 Å². The van der Waals surface area contributed by atoms with Gasteiger partial charge in [-0.2, -0.15) is 0 Å². The lowest BCUT2D eigenvalue weighted by Crippen LogP contribution is -2.40. The Bertz CT molecular complexity index is 265. The predicted molar refractivity (Wildman–Crippen MR) is 76.5 cm³/mol. The Labute approximate surface area is 107 Å². The molecule has 0 atom stereocenters. The van der Waals surface area contributed by atoms with E-state index in [1.807, 2.05) is 12.2 Å². The standard InChI is InChI=1S/C14H26O2Si/c1-6-9-10-11-14(12-15)16-17(7-2,8-3)13(4)5/h6,11-13H,1,7-10H2,2-5H3/b14-11-. The molecule has 0 fully saturated rings. The molecule has 0 aromatic carbocycles. The Balaban J connectivity index is 4.76. The molecule has 0 aliphatic carbocycles. The summed E-state index contributed by atoms with van der Waals surface area (Å²) in [5, 5.41) is 0. The number of unbranched alkanes of at least 4 members (excludes halogenated alkanes) is 1. The minimum absolute atomic E-state index is 0.524. The van der Waals surface area contributed by atoms with Crippen molar-refractivity contribution < 1.29 is 9.22 Å². The molecule has 0 saturated heterocycles. The highest BCUT2D eigenvalue weighted by atomic mass is 28.4. The first-order valence-electron chi connectivity index (χ1n) is 6.51. The van der Waals surface area contributed by atoms with Gasteiger partial charge in [-0.1, -0.05) is 33.8 Å². The minimum atomic E-state index is -1.79. The fourth-order valence-corrected chi connectivity index (χ4v) is 5.28. The van der Waals surface area contributed by atoms with Crippen molar-refractivity contribution in [1.29, 1.82) is 0 Å².